The second-order valence-corrected chi connectivity index (χ2v) is 5.85. The first-order valence-electron chi connectivity index (χ1n) is 5.92. The molecule has 0 saturated carbocycles. The minimum atomic E-state index is -4.16. The molecule has 0 aromatic carbocycles. The smallest absolute Gasteiger partial charge is 0.339 e. The van der Waals surface area contributed by atoms with Crippen LogP contribution in [0, 0.1) is 5.92 Å². The Morgan fingerprint density at radius 2 is 1.72 bits per heavy atom. The summed E-state index contributed by atoms with van der Waals surface area (Å²) in [4.78, 5) is 14.7. The van der Waals surface area contributed by atoms with Crippen LogP contribution in [0.2, 0.25) is 0 Å². The Labute approximate surface area is 113 Å². The molecule has 3 nitrogen and oxygen atoms in total. The number of hydrogen-bond donors (Lipinski definition) is 0. The van der Waals surface area contributed by atoms with Crippen LogP contribution in [0.1, 0.15) is 13.8 Å². The van der Waals surface area contributed by atoms with Gasteiger partial charge in [-0.1, -0.05) is 29.8 Å². The maximum Gasteiger partial charge on any atom is 0.401 e. The van der Waals surface area contributed by atoms with Crippen LogP contribution >= 0.6 is 15.9 Å². The van der Waals surface area contributed by atoms with Crippen LogP contribution in [0.25, 0.3) is 0 Å². The Morgan fingerprint density at radius 1 is 1.22 bits per heavy atom. The summed E-state index contributed by atoms with van der Waals surface area (Å²) in [6.45, 7) is 4.25. The average Bonchev–Trinajstić information content (AvgIpc) is 2.26. The third kappa shape index (κ3) is 4.76. The zero-order valence-electron chi connectivity index (χ0n) is 10.5. The van der Waals surface area contributed by atoms with Crippen molar-refractivity contribution >= 4 is 21.8 Å². The molecule has 7 heteroatoms. The van der Waals surface area contributed by atoms with Crippen LogP contribution in [0.3, 0.4) is 0 Å². The van der Waals surface area contributed by atoms with Crippen molar-refractivity contribution in [3.63, 3.8) is 0 Å². The summed E-state index contributed by atoms with van der Waals surface area (Å²) in [5.74, 6) is 0.141. The normalized spacial score (nSPS) is 20.3. The molecular formula is C11H18BrF3N2O. The highest BCUT2D eigenvalue weighted by Crippen LogP contribution is 2.19. The zero-order valence-corrected chi connectivity index (χ0v) is 12.1. The van der Waals surface area contributed by atoms with Gasteiger partial charge in [0.05, 0.1) is 11.4 Å². The van der Waals surface area contributed by atoms with Crippen LogP contribution in [-0.4, -0.2) is 59.4 Å². The number of piperazine rings is 1. The number of amides is 1. The predicted molar refractivity (Wildman–Crippen MR) is 66.6 cm³/mol. The van der Waals surface area contributed by atoms with Crippen molar-refractivity contribution in [2.75, 3.05) is 32.7 Å². The fourth-order valence-corrected chi connectivity index (χ4v) is 2.13. The molecule has 0 bridgehead atoms. The van der Waals surface area contributed by atoms with E-state index in [1.807, 2.05) is 13.8 Å². The SMILES string of the molecule is CC(C)C(Br)C(=O)N1CCN(CC(F)(F)F)CC1. The van der Waals surface area contributed by atoms with Gasteiger partial charge in [0.2, 0.25) is 5.91 Å². The number of alkyl halides is 4. The average molecular weight is 331 g/mol. The minimum absolute atomic E-state index is 0.0309. The first kappa shape index (κ1) is 15.8. The molecular weight excluding hydrogens is 313 g/mol. The molecule has 1 heterocycles. The summed E-state index contributed by atoms with van der Waals surface area (Å²) >= 11 is 3.32. The lowest BCUT2D eigenvalue weighted by Crippen LogP contribution is -2.52. The topological polar surface area (TPSA) is 23.6 Å². The Hall–Kier alpha value is -0.300. The molecule has 106 valence electrons. The number of rotatable bonds is 3. The van der Waals surface area contributed by atoms with Gasteiger partial charge in [-0.2, -0.15) is 13.2 Å². The quantitative estimate of drug-likeness (QED) is 0.740. The van der Waals surface area contributed by atoms with Gasteiger partial charge in [0.15, 0.2) is 0 Å². The van der Waals surface area contributed by atoms with E-state index in [-0.39, 0.29) is 29.7 Å². The lowest BCUT2D eigenvalue weighted by molar-refractivity contribution is -0.151. The number of nitrogens with zero attached hydrogens (tertiary/aromatic N) is 2. The molecule has 0 aromatic rings. The van der Waals surface area contributed by atoms with Crippen LogP contribution in [-0.2, 0) is 4.79 Å². The van der Waals surface area contributed by atoms with E-state index in [1.54, 1.807) is 4.90 Å². The second kappa shape index (κ2) is 6.23. The highest BCUT2D eigenvalue weighted by Gasteiger charge is 2.33. The highest BCUT2D eigenvalue weighted by molar-refractivity contribution is 9.10. The maximum atomic E-state index is 12.2. The molecule has 1 atom stereocenters. The minimum Gasteiger partial charge on any atom is -0.339 e. The van der Waals surface area contributed by atoms with Crippen LogP contribution in [0.15, 0.2) is 0 Å². The number of hydrogen-bond acceptors (Lipinski definition) is 2. The van der Waals surface area contributed by atoms with Crippen molar-refractivity contribution in [3.05, 3.63) is 0 Å². The molecule has 0 radical (unpaired) electrons. The van der Waals surface area contributed by atoms with E-state index < -0.39 is 12.7 Å². The summed E-state index contributed by atoms with van der Waals surface area (Å²) in [5.41, 5.74) is 0. The van der Waals surface area contributed by atoms with Gasteiger partial charge in [-0.05, 0) is 5.92 Å². The van der Waals surface area contributed by atoms with Gasteiger partial charge >= 0.3 is 6.18 Å². The van der Waals surface area contributed by atoms with Gasteiger partial charge in [0.1, 0.15) is 0 Å². The zero-order chi connectivity index (χ0) is 13.9. The molecule has 1 rings (SSSR count). The van der Waals surface area contributed by atoms with E-state index in [9.17, 15) is 18.0 Å². The van der Waals surface area contributed by atoms with Crippen molar-refractivity contribution in [2.45, 2.75) is 24.9 Å². The van der Waals surface area contributed by atoms with Crippen molar-refractivity contribution in [1.29, 1.82) is 0 Å². The molecule has 18 heavy (non-hydrogen) atoms. The van der Waals surface area contributed by atoms with Crippen molar-refractivity contribution in [2.24, 2.45) is 5.92 Å². The van der Waals surface area contributed by atoms with E-state index in [4.69, 9.17) is 0 Å². The molecule has 1 saturated heterocycles. The van der Waals surface area contributed by atoms with Crippen LogP contribution in [0.4, 0.5) is 13.2 Å². The Balaban J connectivity index is 2.42. The summed E-state index contributed by atoms with van der Waals surface area (Å²) < 4.78 is 36.6. The Kier molecular flexibility index (Phi) is 5.46. The predicted octanol–water partition coefficient (Wildman–Crippen LogP) is 2.11. The molecule has 0 aromatic heterocycles. The summed E-state index contributed by atoms with van der Waals surface area (Å²) in [6.07, 6.45) is -4.16. The largest absolute Gasteiger partial charge is 0.401 e. The van der Waals surface area contributed by atoms with E-state index in [0.29, 0.717) is 13.1 Å². The molecule has 1 unspecified atom stereocenters. The van der Waals surface area contributed by atoms with Crippen molar-refractivity contribution in [1.82, 2.24) is 9.80 Å². The maximum absolute atomic E-state index is 12.2. The molecule has 0 aliphatic carbocycles. The molecule has 1 aliphatic heterocycles. The van der Waals surface area contributed by atoms with E-state index in [2.05, 4.69) is 15.9 Å². The van der Waals surface area contributed by atoms with E-state index in [0.717, 1.165) is 0 Å². The van der Waals surface area contributed by atoms with Gasteiger partial charge in [-0.15, -0.1) is 0 Å². The molecule has 1 aliphatic rings. The third-order valence-electron chi connectivity index (χ3n) is 2.91. The van der Waals surface area contributed by atoms with Crippen molar-refractivity contribution in [3.8, 4) is 0 Å². The molecule has 1 amide bonds. The van der Waals surface area contributed by atoms with Gasteiger partial charge in [-0.25, -0.2) is 0 Å². The lowest BCUT2D eigenvalue weighted by atomic mass is 10.1. The monoisotopic (exact) mass is 330 g/mol. The lowest BCUT2D eigenvalue weighted by Gasteiger charge is -2.36. The van der Waals surface area contributed by atoms with E-state index in [1.165, 1.54) is 4.90 Å². The number of carbonyl (C=O) groups excluding carboxylic acids is 1. The standard InChI is InChI=1S/C11H18BrF3N2O/c1-8(2)9(12)10(18)17-5-3-16(4-6-17)7-11(13,14)15/h8-9H,3-7H2,1-2H3. The molecule has 0 spiro atoms. The van der Waals surface area contributed by atoms with Crippen molar-refractivity contribution < 1.29 is 18.0 Å². The van der Waals surface area contributed by atoms with E-state index >= 15 is 0 Å². The van der Waals surface area contributed by atoms with Gasteiger partial charge in [0, 0.05) is 26.2 Å². The van der Waals surface area contributed by atoms with Crippen LogP contribution < -0.4 is 0 Å². The van der Waals surface area contributed by atoms with Gasteiger partial charge in [-0.3, -0.25) is 9.69 Å². The summed E-state index contributed by atoms with van der Waals surface area (Å²) in [5, 5.41) is 0. The Morgan fingerprint density at radius 3 is 2.11 bits per heavy atom. The van der Waals surface area contributed by atoms with Crippen LogP contribution in [0.5, 0.6) is 0 Å². The fourth-order valence-electron chi connectivity index (χ4n) is 1.84. The Bertz CT molecular complexity index is 289. The number of carbonyl (C=O) groups is 1. The number of halogens is 4. The summed E-state index contributed by atoms with van der Waals surface area (Å²) in [6, 6.07) is 0. The van der Waals surface area contributed by atoms with Gasteiger partial charge < -0.3 is 4.90 Å². The second-order valence-electron chi connectivity index (χ2n) is 4.86. The third-order valence-corrected chi connectivity index (χ3v) is 4.36. The highest BCUT2D eigenvalue weighted by atomic mass is 79.9. The first-order chi connectivity index (χ1) is 8.20. The van der Waals surface area contributed by atoms with Gasteiger partial charge in [0.25, 0.3) is 0 Å². The molecule has 1 fully saturated rings. The first-order valence-corrected chi connectivity index (χ1v) is 6.84. The summed E-state index contributed by atoms with van der Waals surface area (Å²) in [7, 11) is 0. The fraction of sp³-hybridized carbons (Fsp3) is 0.909. The molecule has 0 N–H and O–H groups in total.